The van der Waals surface area contributed by atoms with E-state index in [9.17, 15) is 4.39 Å². The molecule has 1 aromatic carbocycles. The zero-order chi connectivity index (χ0) is 16.5. The van der Waals surface area contributed by atoms with Crippen LogP contribution in [0, 0.1) is 0 Å². The first kappa shape index (κ1) is 17.4. The Morgan fingerprint density at radius 3 is 2.39 bits per heavy atom. The first-order valence-electron chi connectivity index (χ1n) is 8.48. The molecular weight excluding hydrogens is 285 g/mol. The van der Waals surface area contributed by atoms with Crippen molar-refractivity contribution in [1.82, 2.24) is 4.98 Å². The molecular formula is C21H26FN. The van der Waals surface area contributed by atoms with E-state index >= 15 is 0 Å². The van der Waals surface area contributed by atoms with Crippen LogP contribution in [0.4, 0.5) is 4.39 Å². The Kier molecular flexibility index (Phi) is 6.99. The summed E-state index contributed by atoms with van der Waals surface area (Å²) in [6.07, 6.45) is 8.96. The van der Waals surface area contributed by atoms with Crippen LogP contribution in [0.25, 0.3) is 11.3 Å². The summed E-state index contributed by atoms with van der Waals surface area (Å²) in [6, 6.07) is 12.7. The summed E-state index contributed by atoms with van der Waals surface area (Å²) < 4.78 is 12.7. The molecule has 122 valence electrons. The normalized spacial score (nSPS) is 12.1. The van der Waals surface area contributed by atoms with Crippen LogP contribution in [0.15, 0.2) is 55.3 Å². The molecule has 1 aromatic heterocycles. The maximum atomic E-state index is 12.7. The molecule has 1 nitrogen and oxygen atoms in total. The molecule has 0 bridgehead atoms. The summed E-state index contributed by atoms with van der Waals surface area (Å²) in [5.74, 6) is 0. The second-order valence-corrected chi connectivity index (χ2v) is 6.12. The Morgan fingerprint density at radius 2 is 1.78 bits per heavy atom. The van der Waals surface area contributed by atoms with Crippen LogP contribution < -0.4 is 0 Å². The lowest BCUT2D eigenvalue weighted by molar-refractivity contribution is 0.330. The van der Waals surface area contributed by atoms with Crippen molar-refractivity contribution in [3.63, 3.8) is 0 Å². The van der Waals surface area contributed by atoms with Gasteiger partial charge in [0.15, 0.2) is 0 Å². The van der Waals surface area contributed by atoms with Crippen molar-refractivity contribution < 1.29 is 4.39 Å². The van der Waals surface area contributed by atoms with Crippen LogP contribution in [-0.4, -0.2) is 11.2 Å². The third-order valence-corrected chi connectivity index (χ3v) is 4.02. The Bertz CT molecular complexity index is 584. The molecule has 0 aliphatic carbocycles. The molecule has 2 aromatic rings. The first-order valence-corrected chi connectivity index (χ1v) is 8.48. The van der Waals surface area contributed by atoms with Gasteiger partial charge in [-0.25, -0.2) is 4.39 Å². The molecule has 0 aliphatic rings. The predicted octanol–water partition coefficient (Wildman–Crippen LogP) is 5.94. The van der Waals surface area contributed by atoms with Gasteiger partial charge in [-0.2, -0.15) is 0 Å². The Labute approximate surface area is 139 Å². The first-order chi connectivity index (χ1) is 11.2. The summed E-state index contributed by atoms with van der Waals surface area (Å²) in [4.78, 5) is 4.57. The lowest BCUT2D eigenvalue weighted by Crippen LogP contribution is -1.93. The van der Waals surface area contributed by atoms with E-state index in [2.05, 4.69) is 48.0 Å². The molecule has 0 radical (unpaired) electrons. The molecule has 0 aliphatic heterocycles. The SMILES string of the molecule is C=CCc1ccc(-c2ccc(CCCCCC(C)F)cn2)cc1. The highest BCUT2D eigenvalue weighted by molar-refractivity contribution is 5.59. The Morgan fingerprint density at radius 1 is 1.04 bits per heavy atom. The topological polar surface area (TPSA) is 12.9 Å². The number of aryl methyl sites for hydroxylation is 1. The van der Waals surface area contributed by atoms with Crippen molar-refractivity contribution in [2.24, 2.45) is 0 Å². The highest BCUT2D eigenvalue weighted by atomic mass is 19.1. The van der Waals surface area contributed by atoms with Gasteiger partial charge in [-0.1, -0.05) is 49.2 Å². The molecule has 0 N–H and O–H groups in total. The lowest BCUT2D eigenvalue weighted by atomic mass is 10.0. The molecule has 2 rings (SSSR count). The lowest BCUT2D eigenvalue weighted by Gasteiger charge is -2.05. The number of hydrogen-bond acceptors (Lipinski definition) is 1. The minimum atomic E-state index is -0.672. The van der Waals surface area contributed by atoms with Crippen LogP contribution >= 0.6 is 0 Å². The van der Waals surface area contributed by atoms with Gasteiger partial charge in [0.1, 0.15) is 0 Å². The van der Waals surface area contributed by atoms with E-state index in [0.29, 0.717) is 6.42 Å². The molecule has 0 spiro atoms. The third kappa shape index (κ3) is 5.97. The number of aromatic nitrogens is 1. The van der Waals surface area contributed by atoms with Gasteiger partial charge in [0.05, 0.1) is 11.9 Å². The van der Waals surface area contributed by atoms with Gasteiger partial charge in [0.25, 0.3) is 0 Å². The number of unbranched alkanes of at least 4 members (excludes halogenated alkanes) is 2. The number of nitrogens with zero attached hydrogens (tertiary/aromatic N) is 1. The van der Waals surface area contributed by atoms with E-state index in [0.717, 1.165) is 43.4 Å². The standard InChI is InChI=1S/C21H26FN/c1-3-7-18-10-13-20(14-11-18)21-15-12-19(16-23-21)9-6-4-5-8-17(2)22/h3,10-17H,1,4-9H2,2H3. The van der Waals surface area contributed by atoms with Crippen molar-refractivity contribution >= 4 is 0 Å². The zero-order valence-electron chi connectivity index (χ0n) is 14.0. The fourth-order valence-corrected chi connectivity index (χ4v) is 2.65. The van der Waals surface area contributed by atoms with Crippen LogP contribution in [0.2, 0.25) is 0 Å². The van der Waals surface area contributed by atoms with Gasteiger partial charge >= 0.3 is 0 Å². The molecule has 0 saturated heterocycles. The fourth-order valence-electron chi connectivity index (χ4n) is 2.65. The van der Waals surface area contributed by atoms with Gasteiger partial charge in [0.2, 0.25) is 0 Å². The minimum Gasteiger partial charge on any atom is -0.256 e. The van der Waals surface area contributed by atoms with E-state index < -0.39 is 6.17 Å². The van der Waals surface area contributed by atoms with Crippen LogP contribution in [-0.2, 0) is 12.8 Å². The maximum absolute atomic E-state index is 12.7. The summed E-state index contributed by atoms with van der Waals surface area (Å²) in [7, 11) is 0. The van der Waals surface area contributed by atoms with Crippen molar-refractivity contribution in [1.29, 1.82) is 0 Å². The van der Waals surface area contributed by atoms with E-state index in [-0.39, 0.29) is 0 Å². The van der Waals surface area contributed by atoms with Gasteiger partial charge in [-0.3, -0.25) is 4.98 Å². The van der Waals surface area contributed by atoms with Crippen LogP contribution in [0.5, 0.6) is 0 Å². The van der Waals surface area contributed by atoms with Crippen molar-refractivity contribution in [3.05, 3.63) is 66.4 Å². The largest absolute Gasteiger partial charge is 0.256 e. The number of rotatable bonds is 9. The van der Waals surface area contributed by atoms with Gasteiger partial charge in [-0.05, 0) is 49.8 Å². The average molecular weight is 311 g/mol. The molecule has 0 fully saturated rings. The number of alkyl halides is 1. The maximum Gasteiger partial charge on any atom is 0.0973 e. The zero-order valence-corrected chi connectivity index (χ0v) is 14.0. The number of pyridine rings is 1. The highest BCUT2D eigenvalue weighted by Crippen LogP contribution is 2.19. The fraction of sp³-hybridized carbons (Fsp3) is 0.381. The summed E-state index contributed by atoms with van der Waals surface area (Å²) in [5, 5.41) is 0. The summed E-state index contributed by atoms with van der Waals surface area (Å²) >= 11 is 0. The van der Waals surface area contributed by atoms with E-state index in [4.69, 9.17) is 0 Å². The quantitative estimate of drug-likeness (QED) is 0.412. The molecule has 0 amide bonds. The predicted molar refractivity (Wildman–Crippen MR) is 96.3 cm³/mol. The highest BCUT2D eigenvalue weighted by Gasteiger charge is 2.01. The Hall–Kier alpha value is -1.96. The molecule has 23 heavy (non-hydrogen) atoms. The van der Waals surface area contributed by atoms with E-state index in [1.807, 2.05) is 12.3 Å². The smallest absolute Gasteiger partial charge is 0.0973 e. The van der Waals surface area contributed by atoms with E-state index in [1.54, 1.807) is 6.92 Å². The van der Waals surface area contributed by atoms with Crippen molar-refractivity contribution in [2.75, 3.05) is 0 Å². The number of allylic oxidation sites excluding steroid dienone is 1. The second-order valence-electron chi connectivity index (χ2n) is 6.12. The minimum absolute atomic E-state index is 0.672. The number of benzene rings is 1. The monoisotopic (exact) mass is 311 g/mol. The molecule has 1 heterocycles. The molecule has 2 heteroatoms. The average Bonchev–Trinajstić information content (AvgIpc) is 2.56. The second kappa shape index (κ2) is 9.24. The third-order valence-electron chi connectivity index (χ3n) is 4.02. The van der Waals surface area contributed by atoms with Crippen LogP contribution in [0.1, 0.15) is 43.7 Å². The number of hydrogen-bond donors (Lipinski definition) is 0. The molecule has 0 saturated carbocycles. The molecule has 1 unspecified atom stereocenters. The van der Waals surface area contributed by atoms with Crippen LogP contribution in [0.3, 0.4) is 0 Å². The number of halogens is 1. The summed E-state index contributed by atoms with van der Waals surface area (Å²) in [6.45, 7) is 5.39. The van der Waals surface area contributed by atoms with E-state index in [1.165, 1.54) is 11.1 Å². The summed E-state index contributed by atoms with van der Waals surface area (Å²) in [5.41, 5.74) is 4.67. The van der Waals surface area contributed by atoms with Crippen molar-refractivity contribution in [2.45, 2.75) is 51.6 Å². The molecule has 1 atom stereocenters. The van der Waals surface area contributed by atoms with Gasteiger partial charge < -0.3 is 0 Å². The van der Waals surface area contributed by atoms with Gasteiger partial charge in [0, 0.05) is 11.8 Å². The van der Waals surface area contributed by atoms with Crippen molar-refractivity contribution in [3.8, 4) is 11.3 Å². The Balaban J connectivity index is 1.85. The van der Waals surface area contributed by atoms with Gasteiger partial charge in [-0.15, -0.1) is 6.58 Å².